The Morgan fingerprint density at radius 2 is 2.21 bits per heavy atom. The molecule has 0 radical (unpaired) electrons. The number of hydrogen-bond acceptors (Lipinski definition) is 4. The highest BCUT2D eigenvalue weighted by atomic mass is 16.3. The molecule has 1 aliphatic rings. The summed E-state index contributed by atoms with van der Waals surface area (Å²) in [6.07, 6.45) is 5.42. The molecule has 100 valence electrons. The average Bonchev–Trinajstić information content (AvgIpc) is 2.38. The minimum Gasteiger partial charge on any atom is -0.397 e. The summed E-state index contributed by atoms with van der Waals surface area (Å²) in [5.74, 6) is 0. The van der Waals surface area contributed by atoms with Gasteiger partial charge in [0.25, 0.3) is 0 Å². The van der Waals surface area contributed by atoms with E-state index in [1.807, 2.05) is 31.3 Å². The van der Waals surface area contributed by atoms with Crippen LogP contribution in [0, 0.1) is 0 Å². The van der Waals surface area contributed by atoms with Gasteiger partial charge in [-0.2, -0.15) is 0 Å². The van der Waals surface area contributed by atoms with Gasteiger partial charge in [-0.15, -0.1) is 0 Å². The summed E-state index contributed by atoms with van der Waals surface area (Å²) in [5, 5.41) is 12.3. The molecule has 1 atom stereocenters. The third kappa shape index (κ3) is 2.24. The number of nitrogens with zero attached hydrogens (tertiary/aromatic N) is 2. The topological polar surface area (TPSA) is 62.4 Å². The number of hydrogen-bond donors (Lipinski definition) is 2. The standard InChI is InChI=1S/C15H19N3O/c1-15(19)6-2-8-18(10-15)13-4-3-11-9-17-7-5-12(11)14(13)16/h3-5,7,9,19H,2,6,8,10,16H2,1H3. The third-order valence-corrected chi connectivity index (χ3v) is 3.85. The molecule has 1 aromatic carbocycles. The minimum absolute atomic E-state index is 0.627. The summed E-state index contributed by atoms with van der Waals surface area (Å²) in [4.78, 5) is 6.29. The molecule has 1 unspecified atom stereocenters. The van der Waals surface area contributed by atoms with Crippen LogP contribution in [0.3, 0.4) is 0 Å². The lowest BCUT2D eigenvalue weighted by molar-refractivity contribution is 0.0450. The minimum atomic E-state index is -0.627. The van der Waals surface area contributed by atoms with Gasteiger partial charge < -0.3 is 15.7 Å². The lowest BCUT2D eigenvalue weighted by Gasteiger charge is -2.38. The van der Waals surface area contributed by atoms with Crippen molar-refractivity contribution in [3.8, 4) is 0 Å². The molecular weight excluding hydrogens is 238 g/mol. The first kappa shape index (κ1) is 12.2. The molecule has 3 N–H and O–H groups in total. The van der Waals surface area contributed by atoms with Crippen LogP contribution < -0.4 is 10.6 Å². The van der Waals surface area contributed by atoms with Crippen molar-refractivity contribution >= 4 is 22.1 Å². The summed E-state index contributed by atoms with van der Waals surface area (Å²) in [7, 11) is 0. The van der Waals surface area contributed by atoms with Crippen molar-refractivity contribution in [1.82, 2.24) is 4.98 Å². The quantitative estimate of drug-likeness (QED) is 0.769. The second-order valence-electron chi connectivity index (χ2n) is 5.62. The van der Waals surface area contributed by atoms with Crippen molar-refractivity contribution in [2.24, 2.45) is 0 Å². The second kappa shape index (κ2) is 4.38. The van der Waals surface area contributed by atoms with Crippen LogP contribution in [0.15, 0.2) is 30.6 Å². The van der Waals surface area contributed by atoms with Gasteiger partial charge >= 0.3 is 0 Å². The van der Waals surface area contributed by atoms with Crippen LogP contribution in [0.2, 0.25) is 0 Å². The number of benzene rings is 1. The Bertz CT molecular complexity index is 609. The molecule has 0 aliphatic carbocycles. The van der Waals surface area contributed by atoms with Gasteiger partial charge in [-0.3, -0.25) is 4.98 Å². The van der Waals surface area contributed by atoms with Crippen LogP contribution in [-0.2, 0) is 0 Å². The first-order valence-corrected chi connectivity index (χ1v) is 6.66. The molecular formula is C15H19N3O. The Labute approximate surface area is 112 Å². The Morgan fingerprint density at radius 3 is 3.00 bits per heavy atom. The summed E-state index contributed by atoms with van der Waals surface area (Å²) < 4.78 is 0. The van der Waals surface area contributed by atoms with E-state index >= 15 is 0 Å². The highest BCUT2D eigenvalue weighted by Crippen LogP contribution is 2.34. The zero-order valence-corrected chi connectivity index (χ0v) is 11.1. The molecule has 4 nitrogen and oxygen atoms in total. The molecule has 1 aromatic heterocycles. The van der Waals surface area contributed by atoms with E-state index in [9.17, 15) is 5.11 Å². The van der Waals surface area contributed by atoms with Gasteiger partial charge in [-0.25, -0.2) is 0 Å². The molecule has 2 heterocycles. The summed E-state index contributed by atoms with van der Waals surface area (Å²) in [5.41, 5.74) is 7.45. The first-order valence-electron chi connectivity index (χ1n) is 6.66. The second-order valence-corrected chi connectivity index (χ2v) is 5.62. The van der Waals surface area contributed by atoms with Crippen molar-refractivity contribution < 1.29 is 5.11 Å². The van der Waals surface area contributed by atoms with Gasteiger partial charge in [-0.1, -0.05) is 6.07 Å². The smallest absolute Gasteiger partial charge is 0.0794 e. The maximum Gasteiger partial charge on any atom is 0.0794 e. The van der Waals surface area contributed by atoms with Crippen LogP contribution in [-0.4, -0.2) is 28.8 Å². The fourth-order valence-electron chi connectivity index (χ4n) is 2.88. The number of nitrogen functional groups attached to an aromatic ring is 1. The number of fused-ring (bicyclic) bond motifs is 1. The number of aliphatic hydroxyl groups is 1. The lowest BCUT2D eigenvalue weighted by Crippen LogP contribution is -2.46. The molecule has 4 heteroatoms. The van der Waals surface area contributed by atoms with E-state index in [0.717, 1.165) is 41.5 Å². The van der Waals surface area contributed by atoms with Crippen LogP contribution in [0.25, 0.3) is 10.8 Å². The maximum absolute atomic E-state index is 10.2. The fourth-order valence-corrected chi connectivity index (χ4v) is 2.88. The number of anilines is 2. The Kier molecular flexibility index (Phi) is 2.82. The zero-order valence-electron chi connectivity index (χ0n) is 11.1. The van der Waals surface area contributed by atoms with Crippen molar-refractivity contribution in [2.45, 2.75) is 25.4 Å². The largest absolute Gasteiger partial charge is 0.397 e. The molecule has 0 saturated carbocycles. The normalized spacial score (nSPS) is 23.8. The van der Waals surface area contributed by atoms with Gasteiger partial charge in [0, 0.05) is 36.3 Å². The van der Waals surface area contributed by atoms with E-state index in [0.29, 0.717) is 6.54 Å². The highest BCUT2D eigenvalue weighted by Gasteiger charge is 2.29. The molecule has 1 aliphatic heterocycles. The van der Waals surface area contributed by atoms with Gasteiger partial charge in [-0.05, 0) is 31.9 Å². The highest BCUT2D eigenvalue weighted by molar-refractivity contribution is 5.98. The number of rotatable bonds is 1. The molecule has 2 aromatic rings. The first-order chi connectivity index (χ1) is 9.07. The molecule has 3 rings (SSSR count). The van der Waals surface area contributed by atoms with E-state index in [4.69, 9.17) is 5.73 Å². The van der Waals surface area contributed by atoms with Crippen LogP contribution >= 0.6 is 0 Å². The van der Waals surface area contributed by atoms with Crippen LogP contribution in [0.5, 0.6) is 0 Å². The predicted molar refractivity (Wildman–Crippen MR) is 78.2 cm³/mol. The summed E-state index contributed by atoms with van der Waals surface area (Å²) >= 11 is 0. The Balaban J connectivity index is 2.03. The SMILES string of the molecule is CC1(O)CCCN(c2ccc3cnccc3c2N)C1. The molecule has 1 fully saturated rings. The van der Waals surface area contributed by atoms with Crippen molar-refractivity contribution in [3.05, 3.63) is 30.6 Å². The number of nitrogens with two attached hydrogens (primary N) is 1. The van der Waals surface area contributed by atoms with Crippen LogP contribution in [0.4, 0.5) is 11.4 Å². The monoisotopic (exact) mass is 257 g/mol. The van der Waals surface area contributed by atoms with Crippen molar-refractivity contribution in [3.63, 3.8) is 0 Å². The van der Waals surface area contributed by atoms with Crippen LogP contribution in [0.1, 0.15) is 19.8 Å². The molecule has 0 bridgehead atoms. The van der Waals surface area contributed by atoms with Crippen molar-refractivity contribution in [2.75, 3.05) is 23.7 Å². The van der Waals surface area contributed by atoms with Gasteiger partial charge in [0.15, 0.2) is 0 Å². The van der Waals surface area contributed by atoms with E-state index in [1.54, 1.807) is 6.20 Å². The molecule has 1 saturated heterocycles. The maximum atomic E-state index is 10.2. The van der Waals surface area contributed by atoms with E-state index in [2.05, 4.69) is 9.88 Å². The van der Waals surface area contributed by atoms with Gasteiger partial charge in [0.1, 0.15) is 0 Å². The number of piperidine rings is 1. The zero-order chi connectivity index (χ0) is 13.5. The lowest BCUT2D eigenvalue weighted by atomic mass is 9.94. The molecule has 0 amide bonds. The molecule has 0 spiro atoms. The Morgan fingerprint density at radius 1 is 1.37 bits per heavy atom. The van der Waals surface area contributed by atoms with E-state index in [1.165, 1.54) is 0 Å². The van der Waals surface area contributed by atoms with E-state index in [-0.39, 0.29) is 0 Å². The number of β-amino-alcohol motifs (C(OH)–C–C–N with tert-alkyl or cyclic N) is 1. The van der Waals surface area contributed by atoms with Gasteiger partial charge in [0.2, 0.25) is 0 Å². The van der Waals surface area contributed by atoms with Gasteiger partial charge in [0.05, 0.1) is 17.0 Å². The summed E-state index contributed by atoms with van der Waals surface area (Å²) in [6, 6.07) is 6.01. The average molecular weight is 257 g/mol. The van der Waals surface area contributed by atoms with Crippen molar-refractivity contribution in [1.29, 1.82) is 0 Å². The third-order valence-electron chi connectivity index (χ3n) is 3.85. The summed E-state index contributed by atoms with van der Waals surface area (Å²) in [6.45, 7) is 3.46. The molecule has 19 heavy (non-hydrogen) atoms. The number of aromatic nitrogens is 1. The fraction of sp³-hybridized carbons (Fsp3) is 0.400. The predicted octanol–water partition coefficient (Wildman–Crippen LogP) is 2.17. The number of pyridine rings is 1. The van der Waals surface area contributed by atoms with E-state index < -0.39 is 5.60 Å². The Hall–Kier alpha value is -1.81.